The minimum absolute atomic E-state index is 0.0837. The summed E-state index contributed by atoms with van der Waals surface area (Å²) in [4.78, 5) is 17.0. The van der Waals surface area contributed by atoms with Crippen molar-refractivity contribution in [2.75, 3.05) is 11.9 Å². The molecule has 4 nitrogen and oxygen atoms in total. The minimum Gasteiger partial charge on any atom is -0.490 e. The van der Waals surface area contributed by atoms with Crippen LogP contribution in [0.3, 0.4) is 0 Å². The van der Waals surface area contributed by atoms with Crippen LogP contribution in [0.1, 0.15) is 42.2 Å². The number of hydrogen-bond donors (Lipinski definition) is 1. The number of carbonyl (C=O) groups is 1. The standard InChI is InChI=1S/C24H23FN2O2/c1-3-4-5-6-7-15-29-22-10-8-9-21(23(22)25)27-24(28)19-13-14-20-18(16-19)12-11-17(2)26-20/h8-14,16H,3,6-7,15H2,1-2H3,(H,27,28). The summed E-state index contributed by atoms with van der Waals surface area (Å²) in [5.74, 6) is 5.15. The Morgan fingerprint density at radius 3 is 2.86 bits per heavy atom. The average Bonchev–Trinajstić information content (AvgIpc) is 2.72. The first-order valence-corrected chi connectivity index (χ1v) is 9.64. The zero-order valence-corrected chi connectivity index (χ0v) is 16.6. The molecule has 0 radical (unpaired) electrons. The number of hydrogen-bond acceptors (Lipinski definition) is 3. The monoisotopic (exact) mass is 390 g/mol. The van der Waals surface area contributed by atoms with Gasteiger partial charge in [-0.3, -0.25) is 9.78 Å². The number of benzene rings is 2. The number of nitrogens with one attached hydrogen (secondary N) is 1. The van der Waals surface area contributed by atoms with Crippen molar-refractivity contribution in [3.8, 4) is 17.6 Å². The van der Waals surface area contributed by atoms with Gasteiger partial charge >= 0.3 is 0 Å². The van der Waals surface area contributed by atoms with Crippen molar-refractivity contribution in [3.63, 3.8) is 0 Å². The molecule has 0 saturated carbocycles. The van der Waals surface area contributed by atoms with Crippen molar-refractivity contribution in [2.45, 2.75) is 33.1 Å². The number of aryl methyl sites for hydroxylation is 1. The zero-order chi connectivity index (χ0) is 20.6. The van der Waals surface area contributed by atoms with Crippen molar-refractivity contribution in [1.29, 1.82) is 0 Å². The largest absolute Gasteiger partial charge is 0.490 e. The molecule has 0 aliphatic rings. The number of aromatic nitrogens is 1. The van der Waals surface area contributed by atoms with Gasteiger partial charge in [-0.25, -0.2) is 4.39 Å². The number of rotatable bonds is 6. The van der Waals surface area contributed by atoms with Gasteiger partial charge in [0, 0.05) is 29.5 Å². The van der Waals surface area contributed by atoms with E-state index in [2.05, 4.69) is 22.1 Å². The molecule has 1 aromatic heterocycles. The lowest BCUT2D eigenvalue weighted by Gasteiger charge is -2.11. The van der Waals surface area contributed by atoms with Crippen molar-refractivity contribution in [3.05, 3.63) is 65.6 Å². The van der Waals surface area contributed by atoms with E-state index in [0.29, 0.717) is 25.0 Å². The van der Waals surface area contributed by atoms with Crippen LogP contribution in [0.2, 0.25) is 0 Å². The summed E-state index contributed by atoms with van der Waals surface area (Å²) in [5.41, 5.74) is 2.24. The minimum atomic E-state index is -0.585. The second-order valence-corrected chi connectivity index (χ2v) is 6.59. The van der Waals surface area contributed by atoms with Gasteiger partial charge in [0.05, 0.1) is 17.8 Å². The fraction of sp³-hybridized carbons (Fsp3) is 0.250. The van der Waals surface area contributed by atoms with Gasteiger partial charge in [0.2, 0.25) is 0 Å². The fourth-order valence-electron chi connectivity index (χ4n) is 2.84. The third kappa shape index (κ3) is 5.32. The summed E-state index contributed by atoms with van der Waals surface area (Å²) in [7, 11) is 0. The van der Waals surface area contributed by atoms with Crippen molar-refractivity contribution in [1.82, 2.24) is 4.98 Å². The number of unbranched alkanes of at least 4 members (excludes halogenated alkanes) is 1. The van der Waals surface area contributed by atoms with Gasteiger partial charge in [0.15, 0.2) is 11.6 Å². The molecule has 0 atom stereocenters. The lowest BCUT2D eigenvalue weighted by molar-refractivity contribution is 0.102. The molecular weight excluding hydrogens is 367 g/mol. The summed E-state index contributed by atoms with van der Waals surface area (Å²) < 4.78 is 20.2. The quantitative estimate of drug-likeness (QED) is 0.446. The molecule has 1 heterocycles. The third-order valence-corrected chi connectivity index (χ3v) is 4.31. The summed E-state index contributed by atoms with van der Waals surface area (Å²) in [6, 6.07) is 13.7. The number of pyridine rings is 1. The Morgan fingerprint density at radius 2 is 2.03 bits per heavy atom. The summed E-state index contributed by atoms with van der Waals surface area (Å²) in [6.45, 7) is 4.27. The zero-order valence-electron chi connectivity index (χ0n) is 16.6. The SMILES string of the molecule is CCC#CCCCOc1cccc(NC(=O)c2ccc3nc(C)ccc3c2)c1F. The number of halogens is 1. The second kappa shape index (κ2) is 9.70. The normalized spacial score (nSPS) is 10.3. The molecule has 148 valence electrons. The van der Waals surface area contributed by atoms with E-state index in [9.17, 15) is 9.18 Å². The molecule has 0 aliphatic heterocycles. The molecule has 0 bridgehead atoms. The average molecular weight is 390 g/mol. The molecule has 2 aromatic carbocycles. The van der Waals surface area contributed by atoms with Crippen molar-refractivity contribution >= 4 is 22.5 Å². The van der Waals surface area contributed by atoms with Crippen LogP contribution in [0.4, 0.5) is 10.1 Å². The molecular formula is C24H23FN2O2. The molecule has 0 aliphatic carbocycles. The van der Waals surface area contributed by atoms with Crippen LogP contribution in [0.5, 0.6) is 5.75 Å². The number of nitrogens with zero attached hydrogens (tertiary/aromatic N) is 1. The molecule has 5 heteroatoms. The molecule has 1 N–H and O–H groups in total. The van der Waals surface area contributed by atoms with Crippen LogP contribution in [0, 0.1) is 24.6 Å². The molecule has 1 amide bonds. The maximum Gasteiger partial charge on any atom is 0.255 e. The smallest absolute Gasteiger partial charge is 0.255 e. The molecule has 29 heavy (non-hydrogen) atoms. The highest BCUT2D eigenvalue weighted by molar-refractivity contribution is 6.06. The first kappa shape index (κ1) is 20.3. The van der Waals surface area contributed by atoms with E-state index in [4.69, 9.17) is 4.74 Å². The van der Waals surface area contributed by atoms with E-state index >= 15 is 0 Å². The maximum absolute atomic E-state index is 14.7. The van der Waals surface area contributed by atoms with Gasteiger partial charge in [-0.15, -0.1) is 11.8 Å². The van der Waals surface area contributed by atoms with E-state index in [1.165, 1.54) is 6.07 Å². The van der Waals surface area contributed by atoms with Gasteiger partial charge in [0.1, 0.15) is 0 Å². The van der Waals surface area contributed by atoms with Crippen molar-refractivity contribution in [2.24, 2.45) is 0 Å². The predicted molar refractivity (Wildman–Crippen MR) is 114 cm³/mol. The first-order chi connectivity index (χ1) is 14.1. The molecule has 0 saturated heterocycles. The van der Waals surface area contributed by atoms with Gasteiger partial charge in [-0.1, -0.05) is 19.1 Å². The number of fused-ring (bicyclic) bond motifs is 1. The number of ether oxygens (including phenoxy) is 1. The van der Waals surface area contributed by atoms with Crippen LogP contribution in [-0.2, 0) is 0 Å². The summed E-state index contributed by atoms with van der Waals surface area (Å²) in [5, 5.41) is 3.48. The van der Waals surface area contributed by atoms with Crippen LogP contribution in [0.25, 0.3) is 10.9 Å². The number of amides is 1. The molecule has 0 unspecified atom stereocenters. The predicted octanol–water partition coefficient (Wildman–Crippen LogP) is 5.51. The molecule has 0 spiro atoms. The number of carbonyl (C=O) groups excluding carboxylic acids is 1. The molecule has 3 rings (SSSR count). The number of anilines is 1. The Labute approximate surface area is 170 Å². The van der Waals surface area contributed by atoms with E-state index < -0.39 is 11.7 Å². The summed E-state index contributed by atoms with van der Waals surface area (Å²) >= 11 is 0. The van der Waals surface area contributed by atoms with Crippen LogP contribution < -0.4 is 10.1 Å². The van der Waals surface area contributed by atoms with Crippen LogP contribution in [0.15, 0.2) is 48.5 Å². The van der Waals surface area contributed by atoms with Gasteiger partial charge < -0.3 is 10.1 Å². The van der Waals surface area contributed by atoms with E-state index in [1.807, 2.05) is 26.0 Å². The fourth-order valence-corrected chi connectivity index (χ4v) is 2.84. The lowest BCUT2D eigenvalue weighted by Crippen LogP contribution is -2.13. The third-order valence-electron chi connectivity index (χ3n) is 4.31. The second-order valence-electron chi connectivity index (χ2n) is 6.59. The van der Waals surface area contributed by atoms with Gasteiger partial charge in [0.25, 0.3) is 5.91 Å². The molecule has 0 fully saturated rings. The van der Waals surface area contributed by atoms with Crippen LogP contribution in [-0.4, -0.2) is 17.5 Å². The highest BCUT2D eigenvalue weighted by Gasteiger charge is 2.13. The van der Waals surface area contributed by atoms with Gasteiger partial charge in [-0.05, 0) is 49.7 Å². The van der Waals surface area contributed by atoms with E-state index in [-0.39, 0.29) is 11.4 Å². The summed E-state index contributed by atoms with van der Waals surface area (Å²) in [6.07, 6.45) is 2.25. The Balaban J connectivity index is 1.68. The lowest BCUT2D eigenvalue weighted by atomic mass is 10.1. The molecule has 3 aromatic rings. The van der Waals surface area contributed by atoms with Crippen LogP contribution >= 0.6 is 0 Å². The Kier molecular flexibility index (Phi) is 6.80. The van der Waals surface area contributed by atoms with Crippen molar-refractivity contribution < 1.29 is 13.9 Å². The Bertz CT molecular complexity index is 1080. The Hall–Kier alpha value is -3.39. The Morgan fingerprint density at radius 1 is 1.17 bits per heavy atom. The van der Waals surface area contributed by atoms with E-state index in [1.54, 1.807) is 30.3 Å². The van der Waals surface area contributed by atoms with E-state index in [0.717, 1.165) is 23.0 Å². The maximum atomic E-state index is 14.7. The van der Waals surface area contributed by atoms with Gasteiger partial charge in [-0.2, -0.15) is 0 Å². The highest BCUT2D eigenvalue weighted by atomic mass is 19.1. The first-order valence-electron chi connectivity index (χ1n) is 9.64. The topological polar surface area (TPSA) is 51.2 Å². The highest BCUT2D eigenvalue weighted by Crippen LogP contribution is 2.25.